The van der Waals surface area contributed by atoms with Crippen LogP contribution in [0.5, 0.6) is 0 Å². The number of hydrogen-bond acceptors (Lipinski definition) is 5. The fraction of sp³-hybridized carbons (Fsp3) is 0.556. The van der Waals surface area contributed by atoms with E-state index in [4.69, 9.17) is 0 Å². The minimum atomic E-state index is -3.60. The van der Waals surface area contributed by atoms with E-state index in [2.05, 4.69) is 10.3 Å². The molecule has 8 heteroatoms. The summed E-state index contributed by atoms with van der Waals surface area (Å²) in [7, 11) is -3.60. The fourth-order valence-electron chi connectivity index (χ4n) is 2.93. The molecule has 26 heavy (non-hydrogen) atoms. The van der Waals surface area contributed by atoms with Crippen LogP contribution in [0.2, 0.25) is 0 Å². The van der Waals surface area contributed by atoms with Gasteiger partial charge in [0.05, 0.1) is 15.1 Å². The highest BCUT2D eigenvalue weighted by Gasteiger charge is 2.29. The van der Waals surface area contributed by atoms with Gasteiger partial charge in [0.25, 0.3) is 0 Å². The summed E-state index contributed by atoms with van der Waals surface area (Å²) in [6.45, 7) is 11.4. The third kappa shape index (κ3) is 4.61. The van der Waals surface area contributed by atoms with Gasteiger partial charge >= 0.3 is 0 Å². The molecule has 0 unspecified atom stereocenters. The first-order valence-electron chi connectivity index (χ1n) is 8.76. The number of hydrogen-bond donors (Lipinski definition) is 1. The van der Waals surface area contributed by atoms with E-state index in [0.717, 1.165) is 4.70 Å². The highest BCUT2D eigenvalue weighted by molar-refractivity contribution is 7.89. The van der Waals surface area contributed by atoms with Gasteiger partial charge in [0.15, 0.2) is 5.13 Å². The largest absolute Gasteiger partial charge is 0.302 e. The Labute approximate surface area is 159 Å². The summed E-state index contributed by atoms with van der Waals surface area (Å²) < 4.78 is 28.2. The lowest BCUT2D eigenvalue weighted by Gasteiger charge is -2.29. The first-order valence-corrected chi connectivity index (χ1v) is 11.0. The Morgan fingerprint density at radius 2 is 1.77 bits per heavy atom. The van der Waals surface area contributed by atoms with Gasteiger partial charge < -0.3 is 5.32 Å². The quantitative estimate of drug-likeness (QED) is 0.763. The van der Waals surface area contributed by atoms with Gasteiger partial charge in [0.2, 0.25) is 15.9 Å². The van der Waals surface area contributed by atoms with Crippen molar-refractivity contribution >= 4 is 42.6 Å². The minimum Gasteiger partial charge on any atom is -0.302 e. The molecule has 0 aliphatic carbocycles. The number of rotatable bonds is 7. The maximum atomic E-state index is 13.0. The van der Waals surface area contributed by atoms with Crippen molar-refractivity contribution in [3.05, 3.63) is 18.2 Å². The summed E-state index contributed by atoms with van der Waals surface area (Å²) in [5, 5.41) is 3.28. The zero-order valence-corrected chi connectivity index (χ0v) is 17.7. The van der Waals surface area contributed by atoms with E-state index in [1.807, 2.05) is 41.5 Å². The molecule has 0 saturated heterocycles. The third-order valence-corrected chi connectivity index (χ3v) is 6.97. The van der Waals surface area contributed by atoms with E-state index in [0.29, 0.717) is 17.1 Å². The second-order valence-electron chi connectivity index (χ2n) is 7.32. The number of amides is 1. The molecule has 2 aromatic rings. The Hall–Kier alpha value is -1.51. The monoisotopic (exact) mass is 397 g/mol. The number of fused-ring (bicyclic) bond motifs is 1. The van der Waals surface area contributed by atoms with Crippen LogP contribution in [0.1, 0.15) is 48.0 Å². The van der Waals surface area contributed by atoms with Gasteiger partial charge in [-0.15, -0.1) is 0 Å². The molecule has 0 aliphatic rings. The van der Waals surface area contributed by atoms with Crippen LogP contribution in [-0.4, -0.2) is 35.7 Å². The van der Waals surface area contributed by atoms with Crippen LogP contribution in [0.15, 0.2) is 23.1 Å². The predicted molar refractivity (Wildman–Crippen MR) is 107 cm³/mol. The maximum Gasteiger partial charge on any atom is 0.243 e. The Balaban J connectivity index is 2.35. The molecule has 1 N–H and O–H groups in total. The normalized spacial score (nSPS) is 12.7. The van der Waals surface area contributed by atoms with E-state index >= 15 is 0 Å². The summed E-state index contributed by atoms with van der Waals surface area (Å²) in [5.41, 5.74) is 0.675. The predicted octanol–water partition coefficient (Wildman–Crippen LogP) is 4.09. The van der Waals surface area contributed by atoms with Crippen LogP contribution in [-0.2, 0) is 14.8 Å². The van der Waals surface area contributed by atoms with Crippen molar-refractivity contribution in [2.75, 3.05) is 5.32 Å². The van der Waals surface area contributed by atoms with E-state index in [-0.39, 0.29) is 28.8 Å². The van der Waals surface area contributed by atoms with Gasteiger partial charge in [-0.2, -0.15) is 4.31 Å². The molecule has 1 aromatic heterocycles. The summed E-state index contributed by atoms with van der Waals surface area (Å²) in [6, 6.07) is 4.63. The van der Waals surface area contributed by atoms with E-state index in [1.54, 1.807) is 18.2 Å². The lowest BCUT2D eigenvalue weighted by molar-refractivity contribution is -0.116. The van der Waals surface area contributed by atoms with Crippen molar-refractivity contribution in [1.82, 2.24) is 9.29 Å². The number of carbonyl (C=O) groups is 1. The number of benzene rings is 1. The molecule has 0 bridgehead atoms. The van der Waals surface area contributed by atoms with Crippen LogP contribution < -0.4 is 5.32 Å². The molecule has 0 fully saturated rings. The Bertz CT molecular complexity index is 878. The number of anilines is 1. The van der Waals surface area contributed by atoms with Crippen molar-refractivity contribution in [2.45, 2.75) is 64.9 Å². The molecule has 0 saturated carbocycles. The molecular formula is C18H27N3O3S2. The second kappa shape index (κ2) is 8.02. The highest BCUT2D eigenvalue weighted by atomic mass is 32.2. The van der Waals surface area contributed by atoms with Crippen molar-refractivity contribution < 1.29 is 13.2 Å². The zero-order chi connectivity index (χ0) is 19.6. The Kier molecular flexibility index (Phi) is 6.42. The first kappa shape index (κ1) is 20.8. The van der Waals surface area contributed by atoms with Crippen molar-refractivity contribution in [2.24, 2.45) is 5.92 Å². The molecule has 2 rings (SSSR count). The standard InChI is InChI=1S/C18H27N3O3S2/c1-11(2)9-17(22)20-18-19-15-8-7-14(10-16(15)25-18)26(23,24)21(12(3)4)13(5)6/h7-8,10-13H,9H2,1-6H3,(H,19,20,22). The summed E-state index contributed by atoms with van der Waals surface area (Å²) >= 11 is 1.29. The molecule has 1 heterocycles. The number of thiazole rings is 1. The first-order chi connectivity index (χ1) is 12.0. The molecule has 0 aliphatic heterocycles. The highest BCUT2D eigenvalue weighted by Crippen LogP contribution is 2.30. The van der Waals surface area contributed by atoms with Crippen LogP contribution >= 0.6 is 11.3 Å². The second-order valence-corrected chi connectivity index (χ2v) is 10.2. The average Bonchev–Trinajstić information content (AvgIpc) is 2.85. The molecule has 6 nitrogen and oxygen atoms in total. The van der Waals surface area contributed by atoms with Gasteiger partial charge in [-0.05, 0) is 51.8 Å². The van der Waals surface area contributed by atoms with Gasteiger partial charge in [0.1, 0.15) is 0 Å². The van der Waals surface area contributed by atoms with Gasteiger partial charge in [-0.25, -0.2) is 13.4 Å². The Morgan fingerprint density at radius 1 is 1.15 bits per heavy atom. The van der Waals surface area contributed by atoms with Crippen molar-refractivity contribution in [3.63, 3.8) is 0 Å². The summed E-state index contributed by atoms with van der Waals surface area (Å²) in [4.78, 5) is 16.5. The fourth-order valence-corrected chi connectivity index (χ4v) is 5.79. The number of carbonyl (C=O) groups excluding carboxylic acids is 1. The zero-order valence-electron chi connectivity index (χ0n) is 16.1. The molecular weight excluding hydrogens is 370 g/mol. The van der Waals surface area contributed by atoms with Gasteiger partial charge in [0, 0.05) is 18.5 Å². The molecule has 1 amide bonds. The lowest BCUT2D eigenvalue weighted by Crippen LogP contribution is -2.41. The van der Waals surface area contributed by atoms with Crippen LogP contribution in [0.3, 0.4) is 0 Å². The van der Waals surface area contributed by atoms with E-state index < -0.39 is 10.0 Å². The SMILES string of the molecule is CC(C)CC(=O)Nc1nc2ccc(S(=O)(=O)N(C(C)C)C(C)C)cc2s1. The number of nitrogens with one attached hydrogen (secondary N) is 1. The molecule has 0 spiro atoms. The van der Waals surface area contributed by atoms with Gasteiger partial charge in [-0.1, -0.05) is 25.2 Å². The molecule has 144 valence electrons. The van der Waals surface area contributed by atoms with Crippen molar-refractivity contribution in [3.8, 4) is 0 Å². The minimum absolute atomic E-state index is 0.0855. The molecule has 0 atom stereocenters. The van der Waals surface area contributed by atoms with E-state index in [1.165, 1.54) is 15.6 Å². The number of nitrogens with zero attached hydrogens (tertiary/aromatic N) is 2. The van der Waals surface area contributed by atoms with Crippen LogP contribution in [0.25, 0.3) is 10.2 Å². The lowest BCUT2D eigenvalue weighted by atomic mass is 10.1. The number of aromatic nitrogens is 1. The summed E-state index contributed by atoms with van der Waals surface area (Å²) in [6.07, 6.45) is 0.424. The van der Waals surface area contributed by atoms with Crippen molar-refractivity contribution in [1.29, 1.82) is 0 Å². The average molecular weight is 398 g/mol. The van der Waals surface area contributed by atoms with Gasteiger partial charge in [-0.3, -0.25) is 4.79 Å². The smallest absolute Gasteiger partial charge is 0.243 e. The summed E-state index contributed by atoms with van der Waals surface area (Å²) in [5.74, 6) is 0.178. The number of sulfonamides is 1. The topological polar surface area (TPSA) is 79.4 Å². The molecule has 1 aromatic carbocycles. The third-order valence-electron chi connectivity index (χ3n) is 3.79. The van der Waals surface area contributed by atoms with Crippen LogP contribution in [0.4, 0.5) is 5.13 Å². The molecule has 0 radical (unpaired) electrons. The van der Waals surface area contributed by atoms with E-state index in [9.17, 15) is 13.2 Å². The van der Waals surface area contributed by atoms with Crippen LogP contribution in [0, 0.1) is 5.92 Å². The Morgan fingerprint density at radius 3 is 2.31 bits per heavy atom. The maximum absolute atomic E-state index is 13.0.